The van der Waals surface area contributed by atoms with Crippen LogP contribution in [0.2, 0.25) is 0 Å². The number of fused-ring (bicyclic) bond motifs is 1. The zero-order valence-corrected chi connectivity index (χ0v) is 14.0. The van der Waals surface area contributed by atoms with Gasteiger partial charge in [-0.2, -0.15) is 0 Å². The van der Waals surface area contributed by atoms with Crippen molar-refractivity contribution < 1.29 is 19.1 Å². The summed E-state index contributed by atoms with van der Waals surface area (Å²) in [7, 11) is 1.77. The highest BCUT2D eigenvalue weighted by molar-refractivity contribution is 5.83. The smallest absolute Gasteiger partial charge is 0.241 e. The van der Waals surface area contributed by atoms with Gasteiger partial charge in [-0.15, -0.1) is 0 Å². The molecule has 6 nitrogen and oxygen atoms in total. The van der Waals surface area contributed by atoms with E-state index in [1.165, 1.54) is 6.92 Å². The first kappa shape index (κ1) is 17.1. The third-order valence-electron chi connectivity index (χ3n) is 3.85. The summed E-state index contributed by atoms with van der Waals surface area (Å²) in [6.45, 7) is 4.95. The van der Waals surface area contributed by atoms with Crippen LogP contribution in [0.5, 0.6) is 11.5 Å². The van der Waals surface area contributed by atoms with E-state index in [1.807, 2.05) is 18.2 Å². The second-order valence-electron chi connectivity index (χ2n) is 5.73. The quantitative estimate of drug-likeness (QED) is 0.771. The summed E-state index contributed by atoms with van der Waals surface area (Å²) in [4.78, 5) is 27.3. The van der Waals surface area contributed by atoms with Crippen molar-refractivity contribution in [3.05, 3.63) is 23.8 Å². The van der Waals surface area contributed by atoms with Crippen LogP contribution in [0.25, 0.3) is 0 Å². The first-order chi connectivity index (χ1) is 11.0. The first-order valence-electron chi connectivity index (χ1n) is 7.89. The first-order valence-corrected chi connectivity index (χ1v) is 7.89. The normalized spacial score (nSPS) is 12.1. The molecule has 0 radical (unpaired) electrons. The lowest BCUT2D eigenvalue weighted by Gasteiger charge is -2.24. The van der Waals surface area contributed by atoms with E-state index in [1.54, 1.807) is 16.8 Å². The molecule has 0 fully saturated rings. The molecule has 0 atom stereocenters. The standard InChI is InChI=1S/C17H24N2O4/c1-4-5-8-18(3)17(21)11-19(13(2)20)10-14-6-7-15-16(9-14)23-12-22-15/h6-7,9H,4-5,8,10-12H2,1-3H3. The van der Waals surface area contributed by atoms with Gasteiger partial charge in [-0.25, -0.2) is 0 Å². The number of hydrogen-bond acceptors (Lipinski definition) is 4. The SMILES string of the molecule is CCCCN(C)C(=O)CN(Cc1ccc2c(c1)OCO2)C(C)=O. The fourth-order valence-corrected chi connectivity index (χ4v) is 2.34. The summed E-state index contributed by atoms with van der Waals surface area (Å²) >= 11 is 0. The predicted molar refractivity (Wildman–Crippen MR) is 86.2 cm³/mol. The van der Waals surface area contributed by atoms with E-state index in [4.69, 9.17) is 9.47 Å². The lowest BCUT2D eigenvalue weighted by atomic mass is 10.2. The van der Waals surface area contributed by atoms with Crippen molar-refractivity contribution in [1.82, 2.24) is 9.80 Å². The minimum absolute atomic E-state index is 0.0469. The second-order valence-corrected chi connectivity index (χ2v) is 5.73. The summed E-state index contributed by atoms with van der Waals surface area (Å²) in [5, 5.41) is 0. The highest BCUT2D eigenvalue weighted by atomic mass is 16.7. The van der Waals surface area contributed by atoms with Crippen LogP contribution in [0.4, 0.5) is 0 Å². The Morgan fingerprint density at radius 3 is 2.65 bits per heavy atom. The van der Waals surface area contributed by atoms with E-state index in [0.29, 0.717) is 24.6 Å². The number of ether oxygens (including phenoxy) is 2. The minimum Gasteiger partial charge on any atom is -0.454 e. The number of benzene rings is 1. The molecule has 1 aliphatic rings. The molecule has 2 rings (SSSR count). The highest BCUT2D eigenvalue weighted by Gasteiger charge is 2.19. The third-order valence-corrected chi connectivity index (χ3v) is 3.85. The molecular formula is C17H24N2O4. The van der Waals surface area contributed by atoms with Crippen molar-refractivity contribution in [2.45, 2.75) is 33.2 Å². The van der Waals surface area contributed by atoms with Gasteiger partial charge >= 0.3 is 0 Å². The molecule has 0 N–H and O–H groups in total. The third kappa shape index (κ3) is 4.61. The molecular weight excluding hydrogens is 296 g/mol. The Balaban J connectivity index is 1.98. The van der Waals surface area contributed by atoms with Crippen molar-refractivity contribution >= 4 is 11.8 Å². The molecule has 0 spiro atoms. The molecule has 1 aromatic carbocycles. The molecule has 6 heteroatoms. The number of carbonyl (C=O) groups is 2. The topological polar surface area (TPSA) is 59.1 Å². The maximum atomic E-state index is 12.2. The van der Waals surface area contributed by atoms with E-state index in [2.05, 4.69) is 6.92 Å². The van der Waals surface area contributed by atoms with Crippen LogP contribution >= 0.6 is 0 Å². The molecule has 0 bridgehead atoms. The van der Waals surface area contributed by atoms with Crippen molar-refractivity contribution in [2.24, 2.45) is 0 Å². The summed E-state index contributed by atoms with van der Waals surface area (Å²) in [5.74, 6) is 1.21. The van der Waals surface area contributed by atoms with Crippen LogP contribution in [0.1, 0.15) is 32.3 Å². The monoisotopic (exact) mass is 320 g/mol. The van der Waals surface area contributed by atoms with Gasteiger partial charge in [0.05, 0.1) is 0 Å². The molecule has 0 saturated heterocycles. The van der Waals surface area contributed by atoms with Crippen LogP contribution in [0.3, 0.4) is 0 Å². The van der Waals surface area contributed by atoms with E-state index in [-0.39, 0.29) is 25.2 Å². The molecule has 0 aromatic heterocycles. The molecule has 1 aliphatic heterocycles. The zero-order chi connectivity index (χ0) is 16.8. The average Bonchev–Trinajstić information content (AvgIpc) is 2.99. The predicted octanol–water partition coefficient (Wildman–Crippen LogP) is 2.02. The van der Waals surface area contributed by atoms with Crippen molar-refractivity contribution in [2.75, 3.05) is 26.9 Å². The molecule has 23 heavy (non-hydrogen) atoms. The molecule has 1 heterocycles. The van der Waals surface area contributed by atoms with E-state index in [0.717, 1.165) is 18.4 Å². The molecule has 0 saturated carbocycles. The lowest BCUT2D eigenvalue weighted by Crippen LogP contribution is -2.40. The number of unbranched alkanes of at least 4 members (excludes halogenated alkanes) is 1. The van der Waals surface area contributed by atoms with Gasteiger partial charge in [0.25, 0.3) is 0 Å². The van der Waals surface area contributed by atoms with Crippen LogP contribution in [0.15, 0.2) is 18.2 Å². The van der Waals surface area contributed by atoms with Crippen molar-refractivity contribution in [3.8, 4) is 11.5 Å². The van der Waals surface area contributed by atoms with Gasteiger partial charge < -0.3 is 19.3 Å². The van der Waals surface area contributed by atoms with Gasteiger partial charge in [-0.05, 0) is 24.1 Å². The minimum atomic E-state index is -0.125. The van der Waals surface area contributed by atoms with Crippen LogP contribution in [-0.4, -0.2) is 48.5 Å². The number of rotatable bonds is 7. The highest BCUT2D eigenvalue weighted by Crippen LogP contribution is 2.32. The van der Waals surface area contributed by atoms with Gasteiger partial charge in [0.15, 0.2) is 11.5 Å². The summed E-state index contributed by atoms with van der Waals surface area (Å²) < 4.78 is 10.6. The Morgan fingerprint density at radius 1 is 1.22 bits per heavy atom. The second kappa shape index (κ2) is 7.85. The molecule has 0 aliphatic carbocycles. The number of nitrogens with zero attached hydrogens (tertiary/aromatic N) is 2. The number of hydrogen-bond donors (Lipinski definition) is 0. The lowest BCUT2D eigenvalue weighted by molar-refractivity contribution is -0.139. The fourth-order valence-electron chi connectivity index (χ4n) is 2.34. The molecule has 126 valence electrons. The van der Waals surface area contributed by atoms with Crippen molar-refractivity contribution in [3.63, 3.8) is 0 Å². The van der Waals surface area contributed by atoms with E-state index in [9.17, 15) is 9.59 Å². The zero-order valence-electron chi connectivity index (χ0n) is 14.0. The number of likely N-dealkylation sites (N-methyl/N-ethyl adjacent to an activating group) is 1. The Labute approximate surface area is 137 Å². The van der Waals surface area contributed by atoms with E-state index < -0.39 is 0 Å². The summed E-state index contributed by atoms with van der Waals surface area (Å²) in [5.41, 5.74) is 0.911. The van der Waals surface area contributed by atoms with Gasteiger partial charge in [0.1, 0.15) is 6.54 Å². The van der Waals surface area contributed by atoms with Gasteiger partial charge in [0, 0.05) is 27.1 Å². The van der Waals surface area contributed by atoms with Gasteiger partial charge in [-0.1, -0.05) is 19.4 Å². The molecule has 0 unspecified atom stereocenters. The van der Waals surface area contributed by atoms with Crippen LogP contribution in [0, 0.1) is 0 Å². The van der Waals surface area contributed by atoms with E-state index >= 15 is 0 Å². The summed E-state index contributed by atoms with van der Waals surface area (Å²) in [6.07, 6.45) is 2.00. The summed E-state index contributed by atoms with van der Waals surface area (Å²) in [6, 6.07) is 5.56. The number of amides is 2. The maximum absolute atomic E-state index is 12.2. The van der Waals surface area contributed by atoms with Crippen molar-refractivity contribution in [1.29, 1.82) is 0 Å². The number of carbonyl (C=O) groups excluding carboxylic acids is 2. The Hall–Kier alpha value is -2.24. The largest absolute Gasteiger partial charge is 0.454 e. The fraction of sp³-hybridized carbons (Fsp3) is 0.529. The maximum Gasteiger partial charge on any atom is 0.241 e. The van der Waals surface area contributed by atoms with Crippen LogP contribution < -0.4 is 9.47 Å². The van der Waals surface area contributed by atoms with Gasteiger partial charge in [-0.3, -0.25) is 9.59 Å². The Morgan fingerprint density at radius 2 is 1.96 bits per heavy atom. The molecule has 1 aromatic rings. The van der Waals surface area contributed by atoms with Gasteiger partial charge in [0.2, 0.25) is 18.6 Å². The Bertz CT molecular complexity index is 574. The van der Waals surface area contributed by atoms with Crippen LogP contribution in [-0.2, 0) is 16.1 Å². The molecule has 2 amide bonds. The average molecular weight is 320 g/mol. The Kier molecular flexibility index (Phi) is 5.84.